The van der Waals surface area contributed by atoms with Gasteiger partial charge in [-0.25, -0.2) is 4.79 Å². The molecule has 0 bridgehead atoms. The molecule has 1 fully saturated rings. The number of amides is 4. The summed E-state index contributed by atoms with van der Waals surface area (Å²) in [7, 11) is 0. The highest BCUT2D eigenvalue weighted by Gasteiger charge is 2.19. The van der Waals surface area contributed by atoms with Gasteiger partial charge in [-0.3, -0.25) is 9.59 Å². The van der Waals surface area contributed by atoms with Crippen LogP contribution in [0.15, 0.2) is 83.8 Å². The number of para-hydroxylation sites is 1. The van der Waals surface area contributed by atoms with E-state index < -0.39 is 0 Å². The van der Waals surface area contributed by atoms with Crippen molar-refractivity contribution in [3.63, 3.8) is 0 Å². The lowest BCUT2D eigenvalue weighted by atomic mass is 10.2. The smallest absolute Gasteiger partial charge is 0.323 e. The van der Waals surface area contributed by atoms with E-state index in [-0.39, 0.29) is 17.8 Å². The average molecular weight is 475 g/mol. The van der Waals surface area contributed by atoms with Crippen molar-refractivity contribution in [2.75, 3.05) is 34.8 Å². The van der Waals surface area contributed by atoms with Crippen LogP contribution in [0.3, 0.4) is 0 Å². The van der Waals surface area contributed by atoms with Crippen molar-refractivity contribution in [3.05, 3.63) is 84.4 Å². The largest absolute Gasteiger partial charge is 0.342 e. The number of urea groups is 1. The highest BCUT2D eigenvalue weighted by molar-refractivity contribution is 8.00. The van der Waals surface area contributed by atoms with Crippen molar-refractivity contribution < 1.29 is 14.4 Å². The third kappa shape index (κ3) is 6.39. The number of hydrogen-bond acceptors (Lipinski definition) is 4. The Morgan fingerprint density at radius 3 is 2.12 bits per heavy atom. The maximum absolute atomic E-state index is 13.0. The number of benzene rings is 3. The first-order chi connectivity index (χ1) is 16.6. The summed E-state index contributed by atoms with van der Waals surface area (Å²) in [6, 6.07) is 23.0. The molecule has 4 amide bonds. The topological polar surface area (TPSA) is 90.5 Å². The Balaban J connectivity index is 1.37. The molecule has 0 unspecified atom stereocenters. The van der Waals surface area contributed by atoms with E-state index in [0.717, 1.165) is 30.8 Å². The van der Waals surface area contributed by atoms with Crippen LogP contribution in [0.25, 0.3) is 0 Å². The van der Waals surface area contributed by atoms with Gasteiger partial charge in [0.2, 0.25) is 5.91 Å². The van der Waals surface area contributed by atoms with Crippen LogP contribution < -0.4 is 16.0 Å². The molecule has 0 saturated carbocycles. The number of thioether (sulfide) groups is 1. The van der Waals surface area contributed by atoms with Crippen LogP contribution in [0, 0.1) is 0 Å². The number of anilines is 3. The van der Waals surface area contributed by atoms with E-state index in [0.29, 0.717) is 28.4 Å². The van der Waals surface area contributed by atoms with E-state index >= 15 is 0 Å². The second-order valence-electron chi connectivity index (χ2n) is 7.85. The van der Waals surface area contributed by atoms with E-state index in [4.69, 9.17) is 0 Å². The molecular formula is C26H26N4O3S. The molecule has 0 radical (unpaired) electrons. The molecule has 34 heavy (non-hydrogen) atoms. The van der Waals surface area contributed by atoms with Gasteiger partial charge in [0.25, 0.3) is 5.91 Å². The van der Waals surface area contributed by atoms with Crippen LogP contribution in [0.5, 0.6) is 0 Å². The van der Waals surface area contributed by atoms with Crippen molar-refractivity contribution in [3.8, 4) is 0 Å². The third-order valence-electron chi connectivity index (χ3n) is 5.35. The SMILES string of the molecule is O=C(Nc1ccccc1)Nc1cccc(NC(=O)c2ccccc2SCC(=O)N2CCCC2)c1. The number of rotatable bonds is 7. The zero-order valence-electron chi connectivity index (χ0n) is 18.6. The Labute approximate surface area is 202 Å². The molecule has 3 aromatic rings. The van der Waals surface area contributed by atoms with Gasteiger partial charge >= 0.3 is 6.03 Å². The fourth-order valence-corrected chi connectivity index (χ4v) is 4.62. The first-order valence-electron chi connectivity index (χ1n) is 11.1. The Bertz CT molecular complexity index is 1160. The van der Waals surface area contributed by atoms with E-state index in [1.807, 2.05) is 35.2 Å². The fourth-order valence-electron chi connectivity index (χ4n) is 3.67. The monoisotopic (exact) mass is 474 g/mol. The van der Waals surface area contributed by atoms with Crippen molar-refractivity contribution in [2.45, 2.75) is 17.7 Å². The number of hydrogen-bond donors (Lipinski definition) is 3. The van der Waals surface area contributed by atoms with E-state index in [1.54, 1.807) is 48.5 Å². The molecule has 8 heteroatoms. The standard InChI is InChI=1S/C26H26N4O3S/c31-24(30-15-6-7-16-30)18-34-23-14-5-4-13-22(23)25(32)27-20-11-8-12-21(17-20)29-26(33)28-19-9-2-1-3-10-19/h1-5,8-14,17H,6-7,15-16,18H2,(H,27,32)(H2,28,29,33). The van der Waals surface area contributed by atoms with Gasteiger partial charge in [0, 0.05) is 35.0 Å². The first-order valence-corrected chi connectivity index (χ1v) is 12.1. The third-order valence-corrected chi connectivity index (χ3v) is 6.41. The zero-order chi connectivity index (χ0) is 23.8. The molecule has 3 N–H and O–H groups in total. The summed E-state index contributed by atoms with van der Waals surface area (Å²) in [6.45, 7) is 1.63. The molecule has 0 aliphatic carbocycles. The molecule has 0 spiro atoms. The van der Waals surface area contributed by atoms with Crippen LogP contribution in [-0.4, -0.2) is 41.6 Å². The minimum atomic E-state index is -0.376. The van der Waals surface area contributed by atoms with Gasteiger partial charge in [-0.05, 0) is 55.3 Å². The highest BCUT2D eigenvalue weighted by Crippen LogP contribution is 2.25. The lowest BCUT2D eigenvalue weighted by molar-refractivity contribution is -0.127. The summed E-state index contributed by atoms with van der Waals surface area (Å²) in [4.78, 5) is 40.3. The summed E-state index contributed by atoms with van der Waals surface area (Å²) < 4.78 is 0. The molecule has 174 valence electrons. The highest BCUT2D eigenvalue weighted by atomic mass is 32.2. The van der Waals surface area contributed by atoms with Crippen molar-refractivity contribution in [1.29, 1.82) is 0 Å². The number of carbonyl (C=O) groups is 3. The van der Waals surface area contributed by atoms with E-state index in [1.165, 1.54) is 11.8 Å². The van der Waals surface area contributed by atoms with Crippen LogP contribution in [0.2, 0.25) is 0 Å². The summed E-state index contributed by atoms with van der Waals surface area (Å²) >= 11 is 1.38. The lowest BCUT2D eigenvalue weighted by Gasteiger charge is -2.15. The van der Waals surface area contributed by atoms with Gasteiger partial charge in [0.05, 0.1) is 11.3 Å². The molecule has 1 aliphatic rings. The number of carbonyl (C=O) groups excluding carboxylic acids is 3. The molecule has 3 aromatic carbocycles. The van der Waals surface area contributed by atoms with Gasteiger partial charge in [-0.15, -0.1) is 11.8 Å². The van der Waals surface area contributed by atoms with Crippen LogP contribution in [0.4, 0.5) is 21.9 Å². The summed E-state index contributed by atoms with van der Waals surface area (Å²) in [6.07, 6.45) is 2.11. The normalized spacial score (nSPS) is 12.8. The summed E-state index contributed by atoms with van der Waals surface area (Å²) in [5.74, 6) is 0.133. The fraction of sp³-hybridized carbons (Fsp3) is 0.192. The summed E-state index contributed by atoms with van der Waals surface area (Å²) in [5, 5.41) is 8.41. The maximum atomic E-state index is 13.0. The Morgan fingerprint density at radius 1 is 0.735 bits per heavy atom. The van der Waals surface area contributed by atoms with Crippen molar-refractivity contribution in [1.82, 2.24) is 4.90 Å². The molecule has 1 aliphatic heterocycles. The van der Waals surface area contributed by atoms with Gasteiger partial charge in [-0.1, -0.05) is 36.4 Å². The van der Waals surface area contributed by atoms with Gasteiger partial charge in [0.15, 0.2) is 0 Å². The number of likely N-dealkylation sites (tertiary alicyclic amines) is 1. The van der Waals surface area contributed by atoms with Gasteiger partial charge in [0.1, 0.15) is 0 Å². The van der Waals surface area contributed by atoms with Gasteiger partial charge in [-0.2, -0.15) is 0 Å². The molecule has 1 saturated heterocycles. The second-order valence-corrected chi connectivity index (χ2v) is 8.87. The van der Waals surface area contributed by atoms with Crippen molar-refractivity contribution >= 4 is 46.7 Å². The number of nitrogens with one attached hydrogen (secondary N) is 3. The molecule has 0 aromatic heterocycles. The zero-order valence-corrected chi connectivity index (χ0v) is 19.4. The predicted octanol–water partition coefficient (Wildman–Crippen LogP) is 5.30. The summed E-state index contributed by atoms with van der Waals surface area (Å²) in [5.41, 5.74) is 2.28. The molecule has 0 atom stereocenters. The predicted molar refractivity (Wildman–Crippen MR) is 136 cm³/mol. The molecular weight excluding hydrogens is 448 g/mol. The van der Waals surface area contributed by atoms with E-state index in [9.17, 15) is 14.4 Å². The lowest BCUT2D eigenvalue weighted by Crippen LogP contribution is -2.29. The number of nitrogens with zero attached hydrogens (tertiary/aromatic N) is 1. The maximum Gasteiger partial charge on any atom is 0.323 e. The van der Waals surface area contributed by atoms with Crippen LogP contribution in [0.1, 0.15) is 23.2 Å². The second kappa shape index (κ2) is 11.4. The Hall–Kier alpha value is -3.78. The Morgan fingerprint density at radius 2 is 1.35 bits per heavy atom. The minimum absolute atomic E-state index is 0.102. The van der Waals surface area contributed by atoms with Crippen LogP contribution in [-0.2, 0) is 4.79 Å². The Kier molecular flexibility index (Phi) is 7.83. The van der Waals surface area contributed by atoms with Crippen LogP contribution >= 0.6 is 11.8 Å². The average Bonchev–Trinajstić information content (AvgIpc) is 3.39. The quantitative estimate of drug-likeness (QED) is 0.406. The van der Waals surface area contributed by atoms with Gasteiger partial charge < -0.3 is 20.9 Å². The molecule has 1 heterocycles. The van der Waals surface area contributed by atoms with Crippen molar-refractivity contribution in [2.24, 2.45) is 0 Å². The first kappa shape index (κ1) is 23.4. The van der Waals surface area contributed by atoms with E-state index in [2.05, 4.69) is 16.0 Å². The minimum Gasteiger partial charge on any atom is -0.342 e. The molecule has 7 nitrogen and oxygen atoms in total. The molecule has 4 rings (SSSR count).